The lowest BCUT2D eigenvalue weighted by Crippen LogP contribution is -2.31. The molecule has 2 heteroatoms. The summed E-state index contributed by atoms with van der Waals surface area (Å²) in [5, 5.41) is 9.59. The third-order valence-electron chi connectivity index (χ3n) is 5.23. The first-order valence-corrected chi connectivity index (χ1v) is 9.23. The van der Waals surface area contributed by atoms with E-state index < -0.39 is 5.41 Å². The summed E-state index contributed by atoms with van der Waals surface area (Å²) in [6, 6.07) is 39.3. The van der Waals surface area contributed by atoms with E-state index in [1.807, 2.05) is 36.4 Å². The maximum atomic E-state index is 9.59. The third-order valence-corrected chi connectivity index (χ3v) is 5.23. The van der Waals surface area contributed by atoms with Crippen molar-refractivity contribution >= 4 is 5.69 Å². The van der Waals surface area contributed by atoms with Crippen LogP contribution in [0.2, 0.25) is 0 Å². The number of anilines is 1. The average molecular weight is 360 g/mol. The quantitative estimate of drug-likeness (QED) is 0.385. The van der Waals surface area contributed by atoms with Crippen LogP contribution in [0, 0.1) is 11.3 Å². The van der Waals surface area contributed by atoms with Gasteiger partial charge >= 0.3 is 0 Å². The van der Waals surface area contributed by atoms with Crippen LogP contribution in [0.4, 0.5) is 5.69 Å². The molecule has 4 aromatic rings. The molecule has 28 heavy (non-hydrogen) atoms. The fourth-order valence-corrected chi connectivity index (χ4v) is 3.95. The van der Waals surface area contributed by atoms with Crippen LogP contribution in [-0.4, -0.2) is 0 Å². The van der Waals surface area contributed by atoms with Gasteiger partial charge in [0.25, 0.3) is 0 Å². The molecule has 0 aliphatic rings. The fraction of sp³-hybridized carbons (Fsp3) is 0.0385. The highest BCUT2D eigenvalue weighted by Gasteiger charge is 2.38. The molecule has 4 rings (SSSR count). The average Bonchev–Trinajstić information content (AvgIpc) is 2.77. The molecule has 4 aromatic carbocycles. The van der Waals surface area contributed by atoms with E-state index in [0.717, 1.165) is 22.3 Å². The van der Waals surface area contributed by atoms with Gasteiger partial charge in [-0.05, 0) is 34.4 Å². The Morgan fingerprint density at radius 3 is 1.39 bits per heavy atom. The zero-order valence-corrected chi connectivity index (χ0v) is 15.4. The van der Waals surface area contributed by atoms with Gasteiger partial charge in [0.2, 0.25) is 0 Å². The fourth-order valence-electron chi connectivity index (χ4n) is 3.95. The molecular formula is C26H20N2. The summed E-state index contributed by atoms with van der Waals surface area (Å²) in [5.41, 5.74) is 10.9. The molecule has 0 amide bonds. The number of nitrogens with zero attached hydrogens (tertiary/aromatic N) is 1. The van der Waals surface area contributed by atoms with Gasteiger partial charge < -0.3 is 5.73 Å². The molecule has 0 atom stereocenters. The zero-order valence-electron chi connectivity index (χ0n) is 15.4. The van der Waals surface area contributed by atoms with Crippen molar-refractivity contribution in [3.8, 4) is 6.07 Å². The van der Waals surface area contributed by atoms with E-state index in [-0.39, 0.29) is 0 Å². The van der Waals surface area contributed by atoms with Gasteiger partial charge in [0.05, 0.1) is 11.0 Å². The minimum absolute atomic E-state index is 0.490. The van der Waals surface area contributed by atoms with E-state index in [4.69, 9.17) is 5.73 Å². The maximum Gasteiger partial charge on any atom is 0.101 e. The van der Waals surface area contributed by atoms with Gasteiger partial charge in [-0.25, -0.2) is 0 Å². The Hall–Kier alpha value is -3.83. The molecule has 2 nitrogen and oxygen atoms in total. The summed E-state index contributed by atoms with van der Waals surface area (Å²) in [4.78, 5) is 0. The summed E-state index contributed by atoms with van der Waals surface area (Å²) < 4.78 is 0. The number of nitrogens with two attached hydrogens (primary N) is 1. The molecule has 0 unspecified atom stereocenters. The molecular weight excluding hydrogens is 340 g/mol. The standard InChI is InChI=1S/C26H20N2/c27-19-20-18-24(16-17-25(20)28)26(21-10-4-1-5-11-21,22-12-6-2-7-13-22)23-14-8-3-9-15-23/h1-18H,28H2. The number of rotatable bonds is 4. The van der Waals surface area contributed by atoms with E-state index in [9.17, 15) is 5.26 Å². The summed E-state index contributed by atoms with van der Waals surface area (Å²) >= 11 is 0. The van der Waals surface area contributed by atoms with Crippen molar-refractivity contribution in [1.29, 1.82) is 5.26 Å². The van der Waals surface area contributed by atoms with Gasteiger partial charge in [0.15, 0.2) is 0 Å². The second-order valence-corrected chi connectivity index (χ2v) is 6.76. The summed E-state index contributed by atoms with van der Waals surface area (Å²) in [6.07, 6.45) is 0. The van der Waals surface area contributed by atoms with Crippen molar-refractivity contribution in [2.24, 2.45) is 0 Å². The van der Waals surface area contributed by atoms with Crippen molar-refractivity contribution in [3.05, 3.63) is 137 Å². The van der Waals surface area contributed by atoms with Gasteiger partial charge in [-0.2, -0.15) is 5.26 Å². The Morgan fingerprint density at radius 1 is 0.571 bits per heavy atom. The molecule has 0 aliphatic carbocycles. The van der Waals surface area contributed by atoms with Crippen LogP contribution in [0.25, 0.3) is 0 Å². The summed E-state index contributed by atoms with van der Waals surface area (Å²) in [5.74, 6) is 0. The molecule has 0 fully saturated rings. The van der Waals surface area contributed by atoms with Crippen LogP contribution in [0.5, 0.6) is 0 Å². The molecule has 0 aromatic heterocycles. The number of hydrogen-bond acceptors (Lipinski definition) is 2. The minimum Gasteiger partial charge on any atom is -0.398 e. The Morgan fingerprint density at radius 2 is 1.00 bits per heavy atom. The van der Waals surface area contributed by atoms with Crippen LogP contribution in [-0.2, 0) is 5.41 Å². The van der Waals surface area contributed by atoms with Crippen molar-refractivity contribution in [3.63, 3.8) is 0 Å². The minimum atomic E-state index is -0.552. The van der Waals surface area contributed by atoms with E-state index in [0.29, 0.717) is 11.3 Å². The summed E-state index contributed by atoms with van der Waals surface area (Å²) in [6.45, 7) is 0. The number of benzene rings is 4. The van der Waals surface area contributed by atoms with Crippen LogP contribution in [0.3, 0.4) is 0 Å². The zero-order chi connectivity index (χ0) is 19.4. The normalized spacial score (nSPS) is 11.0. The Labute approximate surface area is 165 Å². The first kappa shape index (κ1) is 17.6. The molecule has 0 saturated heterocycles. The largest absolute Gasteiger partial charge is 0.398 e. The van der Waals surface area contributed by atoms with Gasteiger partial charge in [-0.15, -0.1) is 0 Å². The second-order valence-electron chi connectivity index (χ2n) is 6.76. The topological polar surface area (TPSA) is 49.8 Å². The van der Waals surface area contributed by atoms with Gasteiger partial charge in [-0.3, -0.25) is 0 Å². The molecule has 0 bridgehead atoms. The third kappa shape index (κ3) is 2.84. The monoisotopic (exact) mass is 360 g/mol. The number of nitriles is 1. The highest BCUT2D eigenvalue weighted by Crippen LogP contribution is 2.45. The lowest BCUT2D eigenvalue weighted by molar-refractivity contribution is 0.745. The van der Waals surface area contributed by atoms with E-state index >= 15 is 0 Å². The number of nitrogen functional groups attached to an aromatic ring is 1. The lowest BCUT2D eigenvalue weighted by Gasteiger charge is -2.37. The smallest absolute Gasteiger partial charge is 0.101 e. The predicted octanol–water partition coefficient (Wildman–Crippen LogP) is 5.52. The van der Waals surface area contributed by atoms with Crippen molar-refractivity contribution in [2.75, 3.05) is 5.73 Å². The molecule has 0 radical (unpaired) electrons. The maximum absolute atomic E-state index is 9.59. The van der Waals surface area contributed by atoms with E-state index in [1.54, 1.807) is 0 Å². The first-order valence-electron chi connectivity index (χ1n) is 9.23. The van der Waals surface area contributed by atoms with Gasteiger partial charge in [0.1, 0.15) is 6.07 Å². The van der Waals surface area contributed by atoms with Crippen molar-refractivity contribution < 1.29 is 0 Å². The van der Waals surface area contributed by atoms with E-state index in [1.165, 1.54) is 0 Å². The molecule has 0 spiro atoms. The highest BCUT2D eigenvalue weighted by molar-refractivity contribution is 5.64. The second kappa shape index (κ2) is 7.42. The van der Waals surface area contributed by atoms with Crippen molar-refractivity contribution in [1.82, 2.24) is 0 Å². The Balaban J connectivity index is 2.15. The Bertz CT molecular complexity index is 1010. The predicted molar refractivity (Wildman–Crippen MR) is 114 cm³/mol. The van der Waals surface area contributed by atoms with Crippen LogP contribution in [0.1, 0.15) is 27.8 Å². The summed E-state index contributed by atoms with van der Waals surface area (Å²) in [7, 11) is 0. The Kier molecular flexibility index (Phi) is 4.66. The molecule has 134 valence electrons. The molecule has 2 N–H and O–H groups in total. The lowest BCUT2D eigenvalue weighted by atomic mass is 9.65. The SMILES string of the molecule is N#Cc1cc(C(c2ccccc2)(c2ccccc2)c2ccccc2)ccc1N. The number of hydrogen-bond donors (Lipinski definition) is 1. The molecule has 0 saturated carbocycles. The van der Waals surface area contributed by atoms with Crippen LogP contribution < -0.4 is 5.73 Å². The molecule has 0 heterocycles. The highest BCUT2D eigenvalue weighted by atomic mass is 14.6. The van der Waals surface area contributed by atoms with Gasteiger partial charge in [-0.1, -0.05) is 97.1 Å². The van der Waals surface area contributed by atoms with Crippen LogP contribution >= 0.6 is 0 Å². The first-order chi connectivity index (χ1) is 13.8. The van der Waals surface area contributed by atoms with Gasteiger partial charge in [0, 0.05) is 5.69 Å². The van der Waals surface area contributed by atoms with Crippen LogP contribution in [0.15, 0.2) is 109 Å². The van der Waals surface area contributed by atoms with Crippen molar-refractivity contribution in [2.45, 2.75) is 5.41 Å². The molecule has 0 aliphatic heterocycles. The van der Waals surface area contributed by atoms with E-state index in [2.05, 4.69) is 78.9 Å².